The average molecular weight is 269 g/mol. The number of carbonyl (C=O) groups is 1. The third kappa shape index (κ3) is 4.29. The fraction of sp³-hybridized carbons (Fsp3) is 0.500. The highest BCUT2D eigenvalue weighted by atomic mass is 19.1. The van der Waals surface area contributed by atoms with Crippen molar-refractivity contribution in [1.29, 1.82) is 0 Å². The van der Waals surface area contributed by atoms with Gasteiger partial charge in [0.1, 0.15) is 11.9 Å². The van der Waals surface area contributed by atoms with Gasteiger partial charge in [-0.2, -0.15) is 0 Å². The van der Waals surface area contributed by atoms with E-state index in [9.17, 15) is 14.3 Å². The maximum absolute atomic E-state index is 13.5. The van der Waals surface area contributed by atoms with Gasteiger partial charge in [-0.05, 0) is 12.0 Å². The third-order valence-corrected chi connectivity index (χ3v) is 2.92. The molecule has 0 heterocycles. The summed E-state index contributed by atoms with van der Waals surface area (Å²) in [4.78, 5) is 11.5. The normalized spacial score (nSPS) is 14.2. The van der Waals surface area contributed by atoms with Crippen molar-refractivity contribution in [3.05, 3.63) is 35.6 Å². The molecule has 5 heteroatoms. The predicted octanol–water partition coefficient (Wildman–Crippen LogP) is 1.65. The molecule has 1 rings (SSSR count). The van der Waals surface area contributed by atoms with Crippen molar-refractivity contribution in [1.82, 2.24) is 5.32 Å². The minimum absolute atomic E-state index is 0.0141. The predicted molar refractivity (Wildman–Crippen MR) is 70.0 cm³/mol. The molecule has 1 aromatic rings. The van der Waals surface area contributed by atoms with Crippen molar-refractivity contribution in [2.24, 2.45) is 5.92 Å². The van der Waals surface area contributed by atoms with Crippen LogP contribution in [-0.2, 0) is 9.53 Å². The number of esters is 1. The van der Waals surface area contributed by atoms with Gasteiger partial charge in [0.05, 0.1) is 13.2 Å². The van der Waals surface area contributed by atoms with Crippen LogP contribution >= 0.6 is 0 Å². The number of carbonyl (C=O) groups excluding carboxylic acids is 1. The Bertz CT molecular complexity index is 423. The molecule has 0 fully saturated rings. The SMILES string of the molecule is COC(=O)C(NCC(O)c1ccccc1F)C(C)C. The lowest BCUT2D eigenvalue weighted by Gasteiger charge is -2.22. The van der Waals surface area contributed by atoms with Crippen molar-refractivity contribution in [2.45, 2.75) is 26.0 Å². The van der Waals surface area contributed by atoms with E-state index in [1.54, 1.807) is 12.1 Å². The van der Waals surface area contributed by atoms with Crippen LogP contribution in [0.4, 0.5) is 4.39 Å². The highest BCUT2D eigenvalue weighted by Crippen LogP contribution is 2.16. The summed E-state index contributed by atoms with van der Waals surface area (Å²) in [5, 5.41) is 12.8. The number of methoxy groups -OCH3 is 1. The van der Waals surface area contributed by atoms with Gasteiger partial charge in [0.2, 0.25) is 0 Å². The highest BCUT2D eigenvalue weighted by Gasteiger charge is 2.24. The summed E-state index contributed by atoms with van der Waals surface area (Å²) in [6, 6.07) is 5.50. The number of benzene rings is 1. The van der Waals surface area contributed by atoms with Crippen LogP contribution in [0, 0.1) is 11.7 Å². The second-order valence-corrected chi connectivity index (χ2v) is 4.69. The van der Waals surface area contributed by atoms with Gasteiger partial charge in [0, 0.05) is 12.1 Å². The Hall–Kier alpha value is -1.46. The molecule has 106 valence electrons. The summed E-state index contributed by atoms with van der Waals surface area (Å²) in [6.45, 7) is 3.81. The van der Waals surface area contributed by atoms with E-state index in [0.29, 0.717) is 0 Å². The molecule has 1 aromatic carbocycles. The molecule has 0 saturated heterocycles. The van der Waals surface area contributed by atoms with E-state index in [2.05, 4.69) is 10.1 Å². The van der Waals surface area contributed by atoms with Crippen molar-refractivity contribution < 1.29 is 19.0 Å². The first-order chi connectivity index (χ1) is 8.97. The Balaban J connectivity index is 2.65. The van der Waals surface area contributed by atoms with E-state index in [1.165, 1.54) is 19.2 Å². The largest absolute Gasteiger partial charge is 0.468 e. The molecule has 19 heavy (non-hydrogen) atoms. The Morgan fingerprint density at radius 1 is 1.42 bits per heavy atom. The van der Waals surface area contributed by atoms with E-state index in [1.807, 2.05) is 13.8 Å². The second-order valence-electron chi connectivity index (χ2n) is 4.69. The zero-order chi connectivity index (χ0) is 14.4. The van der Waals surface area contributed by atoms with Gasteiger partial charge in [-0.25, -0.2) is 4.39 Å². The van der Waals surface area contributed by atoms with Crippen LogP contribution in [0.3, 0.4) is 0 Å². The number of hydrogen-bond acceptors (Lipinski definition) is 4. The van der Waals surface area contributed by atoms with Gasteiger partial charge < -0.3 is 15.2 Å². The first-order valence-electron chi connectivity index (χ1n) is 6.21. The highest BCUT2D eigenvalue weighted by molar-refractivity contribution is 5.75. The van der Waals surface area contributed by atoms with E-state index in [-0.39, 0.29) is 18.0 Å². The fourth-order valence-corrected chi connectivity index (χ4v) is 1.81. The lowest BCUT2D eigenvalue weighted by Crippen LogP contribution is -2.43. The zero-order valence-corrected chi connectivity index (χ0v) is 11.4. The first kappa shape index (κ1) is 15.6. The standard InChI is InChI=1S/C14H20FNO3/c1-9(2)13(14(18)19-3)16-8-12(17)10-6-4-5-7-11(10)15/h4-7,9,12-13,16-17H,8H2,1-3H3. The van der Waals surface area contributed by atoms with Crippen LogP contribution in [-0.4, -0.2) is 30.8 Å². The molecule has 0 spiro atoms. The maximum Gasteiger partial charge on any atom is 0.323 e. The van der Waals surface area contributed by atoms with Gasteiger partial charge in [0.25, 0.3) is 0 Å². The van der Waals surface area contributed by atoms with Gasteiger partial charge in [-0.3, -0.25) is 4.79 Å². The van der Waals surface area contributed by atoms with Crippen LogP contribution in [0.1, 0.15) is 25.5 Å². The molecule has 0 aliphatic carbocycles. The number of nitrogens with one attached hydrogen (secondary N) is 1. The van der Waals surface area contributed by atoms with Gasteiger partial charge in [-0.15, -0.1) is 0 Å². The topological polar surface area (TPSA) is 58.6 Å². The molecule has 0 aromatic heterocycles. The molecular weight excluding hydrogens is 249 g/mol. The molecule has 4 nitrogen and oxygen atoms in total. The van der Waals surface area contributed by atoms with Crippen LogP contribution in [0.15, 0.2) is 24.3 Å². The van der Waals surface area contributed by atoms with Crippen LogP contribution in [0.2, 0.25) is 0 Å². The summed E-state index contributed by atoms with van der Waals surface area (Å²) in [6.07, 6.45) is -1.01. The Morgan fingerprint density at radius 2 is 2.05 bits per heavy atom. The molecule has 0 aliphatic rings. The molecule has 0 saturated carbocycles. The Labute approximate surface area is 112 Å². The summed E-state index contributed by atoms with van der Waals surface area (Å²) in [7, 11) is 1.31. The van der Waals surface area contributed by atoms with Crippen molar-refractivity contribution in [3.8, 4) is 0 Å². The van der Waals surface area contributed by atoms with Crippen molar-refractivity contribution in [3.63, 3.8) is 0 Å². The molecule has 0 aliphatic heterocycles. The molecule has 2 N–H and O–H groups in total. The summed E-state index contributed by atoms with van der Waals surface area (Å²) < 4.78 is 18.1. The monoisotopic (exact) mass is 269 g/mol. The number of aliphatic hydroxyl groups is 1. The van der Waals surface area contributed by atoms with E-state index in [4.69, 9.17) is 0 Å². The van der Waals surface area contributed by atoms with Crippen LogP contribution in [0.25, 0.3) is 0 Å². The Kier molecular flexibility index (Phi) is 5.92. The minimum atomic E-state index is -1.01. The molecule has 0 bridgehead atoms. The molecule has 0 radical (unpaired) electrons. The number of halogens is 1. The average Bonchev–Trinajstić information content (AvgIpc) is 2.38. The summed E-state index contributed by atoms with van der Waals surface area (Å²) in [5.74, 6) is -0.841. The maximum atomic E-state index is 13.5. The lowest BCUT2D eigenvalue weighted by molar-refractivity contribution is -0.144. The van der Waals surface area contributed by atoms with Crippen molar-refractivity contribution >= 4 is 5.97 Å². The first-order valence-corrected chi connectivity index (χ1v) is 6.21. The van der Waals surface area contributed by atoms with Crippen molar-refractivity contribution in [2.75, 3.05) is 13.7 Å². The molecule has 0 amide bonds. The van der Waals surface area contributed by atoms with Gasteiger partial charge >= 0.3 is 5.97 Å². The molecular formula is C14H20FNO3. The van der Waals surface area contributed by atoms with E-state index >= 15 is 0 Å². The summed E-state index contributed by atoms with van der Waals surface area (Å²) >= 11 is 0. The summed E-state index contributed by atoms with van der Waals surface area (Å²) in [5.41, 5.74) is 0.211. The van der Waals surface area contributed by atoms with Gasteiger partial charge in [0.15, 0.2) is 0 Å². The smallest absolute Gasteiger partial charge is 0.323 e. The van der Waals surface area contributed by atoms with E-state index < -0.39 is 23.9 Å². The van der Waals surface area contributed by atoms with E-state index in [0.717, 1.165) is 0 Å². The zero-order valence-electron chi connectivity index (χ0n) is 11.4. The number of ether oxygens (including phenoxy) is 1. The van der Waals surface area contributed by atoms with Crippen LogP contribution < -0.4 is 5.32 Å². The van der Waals surface area contributed by atoms with Crippen LogP contribution in [0.5, 0.6) is 0 Å². The molecule has 2 atom stereocenters. The van der Waals surface area contributed by atoms with Gasteiger partial charge in [-0.1, -0.05) is 32.0 Å². The quantitative estimate of drug-likeness (QED) is 0.771. The minimum Gasteiger partial charge on any atom is -0.468 e. The number of aliphatic hydroxyl groups excluding tert-OH is 1. The number of hydrogen-bond donors (Lipinski definition) is 2. The Morgan fingerprint density at radius 3 is 2.58 bits per heavy atom. The third-order valence-electron chi connectivity index (χ3n) is 2.92. The lowest BCUT2D eigenvalue weighted by atomic mass is 10.0. The number of rotatable bonds is 6. The molecule has 2 unspecified atom stereocenters. The fourth-order valence-electron chi connectivity index (χ4n) is 1.81. The second kappa shape index (κ2) is 7.21.